The van der Waals surface area contributed by atoms with Crippen molar-refractivity contribution in [3.63, 3.8) is 0 Å². The highest BCUT2D eigenvalue weighted by molar-refractivity contribution is 5.78. The molecule has 7 heteroatoms. The highest BCUT2D eigenvalue weighted by atomic mass is 16.5. The first-order valence-electron chi connectivity index (χ1n) is 13.0. The smallest absolute Gasteiger partial charge is 0.307 e. The van der Waals surface area contributed by atoms with Crippen molar-refractivity contribution in [1.82, 2.24) is 4.90 Å². The number of phenols is 2. The summed E-state index contributed by atoms with van der Waals surface area (Å²) in [6, 6.07) is 11.9. The van der Waals surface area contributed by atoms with Crippen LogP contribution in [0.1, 0.15) is 75.3 Å². The molecule has 1 aliphatic rings. The van der Waals surface area contributed by atoms with Crippen LogP contribution in [-0.2, 0) is 9.59 Å². The molecule has 0 bridgehead atoms. The van der Waals surface area contributed by atoms with E-state index in [-0.39, 0.29) is 35.7 Å². The molecule has 3 rings (SSSR count). The molecule has 1 aliphatic carbocycles. The minimum Gasteiger partial charge on any atom is -0.504 e. The molecule has 0 aliphatic heterocycles. The molecule has 7 nitrogen and oxygen atoms in total. The van der Waals surface area contributed by atoms with E-state index in [4.69, 9.17) is 4.74 Å². The number of rotatable bonds is 12. The second kappa shape index (κ2) is 12.7. The zero-order valence-electron chi connectivity index (χ0n) is 21.5. The maximum atomic E-state index is 13.5. The molecule has 196 valence electrons. The first-order valence-corrected chi connectivity index (χ1v) is 13.0. The Balaban J connectivity index is 1.98. The molecule has 2 aromatic carbocycles. The van der Waals surface area contributed by atoms with Crippen LogP contribution in [0.4, 0.5) is 0 Å². The molecule has 1 fully saturated rings. The van der Waals surface area contributed by atoms with E-state index in [0.717, 1.165) is 31.2 Å². The monoisotopic (exact) mass is 497 g/mol. The van der Waals surface area contributed by atoms with Crippen molar-refractivity contribution >= 4 is 11.9 Å². The molecule has 3 N–H and O–H groups in total. The molecule has 0 aromatic heterocycles. The van der Waals surface area contributed by atoms with E-state index < -0.39 is 17.8 Å². The molecular weight excluding hydrogens is 458 g/mol. The summed E-state index contributed by atoms with van der Waals surface area (Å²) in [4.78, 5) is 28.1. The summed E-state index contributed by atoms with van der Waals surface area (Å²) >= 11 is 0. The summed E-state index contributed by atoms with van der Waals surface area (Å²) in [6.45, 7) is 5.64. The van der Waals surface area contributed by atoms with Crippen molar-refractivity contribution in [2.75, 3.05) is 20.2 Å². The first kappa shape index (κ1) is 27.4. The van der Waals surface area contributed by atoms with Crippen molar-refractivity contribution in [3.05, 3.63) is 53.6 Å². The minimum atomic E-state index is -0.933. The van der Waals surface area contributed by atoms with Crippen molar-refractivity contribution < 1.29 is 29.6 Å². The molecule has 0 saturated heterocycles. The second-order valence-corrected chi connectivity index (χ2v) is 9.81. The lowest BCUT2D eigenvalue weighted by molar-refractivity contribution is -0.143. The largest absolute Gasteiger partial charge is 0.504 e. The number of hydrogen-bond donors (Lipinski definition) is 3. The molecule has 2 aromatic rings. The van der Waals surface area contributed by atoms with Crippen LogP contribution in [0.15, 0.2) is 42.5 Å². The number of nitrogens with zero attached hydrogens (tertiary/aromatic N) is 1. The van der Waals surface area contributed by atoms with E-state index in [9.17, 15) is 24.9 Å². The number of hydrogen-bond acceptors (Lipinski definition) is 5. The van der Waals surface area contributed by atoms with Gasteiger partial charge >= 0.3 is 5.97 Å². The standard InChI is InChI=1S/C29H39NO6/c1-4-6-14-30(15-7-5-2)26(33)18-21-16-23(20-10-13-24(31)25(32)17-20)28(29(34)35)27(21)19-8-11-22(36-3)12-9-19/h8-13,17,21,23,27-28,31-32H,4-7,14-16,18H2,1-3H3,(H,34,35). The number of methoxy groups -OCH3 is 1. The van der Waals surface area contributed by atoms with Crippen LogP contribution in [0.3, 0.4) is 0 Å². The van der Waals surface area contributed by atoms with Gasteiger partial charge in [0.1, 0.15) is 5.75 Å². The van der Waals surface area contributed by atoms with E-state index >= 15 is 0 Å². The summed E-state index contributed by atoms with van der Waals surface area (Å²) in [5.41, 5.74) is 1.51. The number of amides is 1. The predicted molar refractivity (Wildman–Crippen MR) is 138 cm³/mol. The Bertz CT molecular complexity index is 1010. The molecule has 4 atom stereocenters. The Morgan fingerprint density at radius 3 is 2.08 bits per heavy atom. The number of benzene rings is 2. The lowest BCUT2D eigenvalue weighted by atomic mass is 9.79. The van der Waals surface area contributed by atoms with Gasteiger partial charge in [-0.3, -0.25) is 9.59 Å². The Morgan fingerprint density at radius 1 is 0.944 bits per heavy atom. The zero-order chi connectivity index (χ0) is 26.2. The first-order chi connectivity index (χ1) is 17.3. The fourth-order valence-corrected chi connectivity index (χ4v) is 5.53. The SMILES string of the molecule is CCCCN(CCCC)C(=O)CC1CC(c2ccc(O)c(O)c2)C(C(=O)O)C1c1ccc(OC)cc1. The van der Waals surface area contributed by atoms with Crippen LogP contribution in [0, 0.1) is 11.8 Å². The summed E-state index contributed by atoms with van der Waals surface area (Å²) in [6.07, 6.45) is 4.65. The van der Waals surface area contributed by atoms with Crippen LogP contribution in [0.5, 0.6) is 17.2 Å². The van der Waals surface area contributed by atoms with Crippen LogP contribution in [-0.4, -0.2) is 52.3 Å². The third-order valence-electron chi connectivity index (χ3n) is 7.45. The third kappa shape index (κ3) is 6.31. The molecule has 0 heterocycles. The maximum absolute atomic E-state index is 13.5. The average Bonchev–Trinajstić information content (AvgIpc) is 3.25. The topological polar surface area (TPSA) is 107 Å². The van der Waals surface area contributed by atoms with Gasteiger partial charge in [-0.15, -0.1) is 0 Å². The maximum Gasteiger partial charge on any atom is 0.307 e. The number of carbonyl (C=O) groups excluding carboxylic acids is 1. The van der Waals surface area contributed by atoms with E-state index in [1.165, 1.54) is 12.1 Å². The van der Waals surface area contributed by atoms with Gasteiger partial charge in [-0.25, -0.2) is 0 Å². The van der Waals surface area contributed by atoms with Crippen LogP contribution >= 0.6 is 0 Å². The lowest BCUT2D eigenvalue weighted by Crippen LogP contribution is -2.35. The molecule has 1 amide bonds. The number of ether oxygens (including phenoxy) is 1. The van der Waals surface area contributed by atoms with Gasteiger partial charge in [0.25, 0.3) is 0 Å². The van der Waals surface area contributed by atoms with Gasteiger partial charge in [0.05, 0.1) is 13.0 Å². The fourth-order valence-electron chi connectivity index (χ4n) is 5.53. The van der Waals surface area contributed by atoms with Gasteiger partial charge in [-0.1, -0.05) is 44.9 Å². The predicted octanol–water partition coefficient (Wildman–Crippen LogP) is 5.51. The van der Waals surface area contributed by atoms with Gasteiger partial charge in [-0.05, 0) is 66.5 Å². The summed E-state index contributed by atoms with van der Waals surface area (Å²) in [5, 5.41) is 30.3. The highest BCUT2D eigenvalue weighted by Gasteiger charge is 2.49. The summed E-state index contributed by atoms with van der Waals surface area (Å²) in [5.74, 6) is -2.45. The van der Waals surface area contributed by atoms with Gasteiger partial charge < -0.3 is 25.0 Å². The quantitative estimate of drug-likeness (QED) is 0.334. The number of carboxylic acid groups (broad SMARTS) is 1. The molecule has 36 heavy (non-hydrogen) atoms. The van der Waals surface area contributed by atoms with Crippen molar-refractivity contribution in [1.29, 1.82) is 0 Å². The van der Waals surface area contributed by atoms with E-state index in [1.807, 2.05) is 29.2 Å². The highest BCUT2D eigenvalue weighted by Crippen LogP contribution is 2.54. The van der Waals surface area contributed by atoms with Gasteiger partial charge in [0, 0.05) is 25.4 Å². The number of phenolic OH excluding ortho intramolecular Hbond substituents is 2. The van der Waals surface area contributed by atoms with E-state index in [1.54, 1.807) is 13.2 Å². The van der Waals surface area contributed by atoms with Crippen molar-refractivity contribution in [2.45, 2.75) is 64.2 Å². The van der Waals surface area contributed by atoms with Crippen molar-refractivity contribution in [2.24, 2.45) is 11.8 Å². The van der Waals surface area contributed by atoms with Gasteiger partial charge in [0.2, 0.25) is 5.91 Å². The van der Waals surface area contributed by atoms with E-state index in [0.29, 0.717) is 30.8 Å². The number of aromatic hydroxyl groups is 2. The Kier molecular flexibility index (Phi) is 9.62. The van der Waals surface area contributed by atoms with E-state index in [2.05, 4.69) is 13.8 Å². The Morgan fingerprint density at radius 2 is 1.56 bits per heavy atom. The number of aliphatic carboxylic acids is 1. The zero-order valence-corrected chi connectivity index (χ0v) is 21.5. The fraction of sp³-hybridized carbons (Fsp3) is 0.517. The number of carboxylic acids is 1. The number of carbonyl (C=O) groups is 2. The Hall–Kier alpha value is -3.22. The third-order valence-corrected chi connectivity index (χ3v) is 7.45. The average molecular weight is 498 g/mol. The molecule has 1 saturated carbocycles. The lowest BCUT2D eigenvalue weighted by Gasteiger charge is -2.28. The van der Waals surface area contributed by atoms with Gasteiger partial charge in [-0.2, -0.15) is 0 Å². The van der Waals surface area contributed by atoms with Gasteiger partial charge in [0.15, 0.2) is 11.5 Å². The van der Waals surface area contributed by atoms with Crippen molar-refractivity contribution in [3.8, 4) is 17.2 Å². The van der Waals surface area contributed by atoms with Crippen LogP contribution in [0.25, 0.3) is 0 Å². The summed E-state index contributed by atoms with van der Waals surface area (Å²) < 4.78 is 5.29. The van der Waals surface area contributed by atoms with Crippen LogP contribution in [0.2, 0.25) is 0 Å². The minimum absolute atomic E-state index is 0.0683. The normalized spacial score (nSPS) is 21.3. The molecule has 4 unspecified atom stereocenters. The number of unbranched alkanes of at least 4 members (excludes halogenated alkanes) is 2. The molecule has 0 radical (unpaired) electrons. The molecular formula is C29H39NO6. The molecule has 0 spiro atoms. The Labute approximate surface area is 213 Å². The van der Waals surface area contributed by atoms with Crippen LogP contribution < -0.4 is 4.74 Å². The summed E-state index contributed by atoms with van der Waals surface area (Å²) in [7, 11) is 1.58. The second-order valence-electron chi connectivity index (χ2n) is 9.81.